The van der Waals surface area contributed by atoms with E-state index in [9.17, 15) is 5.11 Å². The number of nitrogens with zero attached hydrogens (tertiary/aromatic N) is 2. The van der Waals surface area contributed by atoms with E-state index in [1.165, 1.54) is 22.4 Å². The molecule has 0 aromatic carbocycles. The van der Waals surface area contributed by atoms with Crippen LogP contribution < -0.4 is 0 Å². The van der Waals surface area contributed by atoms with Crippen molar-refractivity contribution in [2.24, 2.45) is 0 Å². The summed E-state index contributed by atoms with van der Waals surface area (Å²) in [6.07, 6.45) is 0. The molecule has 2 aromatic rings. The van der Waals surface area contributed by atoms with E-state index in [-0.39, 0.29) is 6.61 Å². The van der Waals surface area contributed by atoms with Crippen LogP contribution in [0.2, 0.25) is 0 Å². The van der Waals surface area contributed by atoms with Gasteiger partial charge in [-0.2, -0.15) is 0 Å². The molecule has 1 N–H and O–H groups in total. The van der Waals surface area contributed by atoms with Crippen molar-refractivity contribution >= 4 is 5.65 Å². The third kappa shape index (κ3) is 1.28. The van der Waals surface area contributed by atoms with Crippen molar-refractivity contribution in [3.8, 4) is 0 Å². The van der Waals surface area contributed by atoms with E-state index in [4.69, 9.17) is 0 Å². The van der Waals surface area contributed by atoms with Gasteiger partial charge in [0.25, 0.3) is 0 Å². The number of fused-ring (bicyclic) bond motifs is 1. The minimum Gasteiger partial charge on any atom is -0.390 e. The van der Waals surface area contributed by atoms with E-state index < -0.39 is 0 Å². The Bertz CT molecular complexity index is 567. The van der Waals surface area contributed by atoms with Crippen LogP contribution in [0, 0.1) is 34.6 Å². The van der Waals surface area contributed by atoms with Gasteiger partial charge in [0.15, 0.2) is 0 Å². The molecule has 16 heavy (non-hydrogen) atoms. The number of aliphatic hydroxyl groups excluding tert-OH is 1. The lowest BCUT2D eigenvalue weighted by Gasteiger charge is -2.12. The van der Waals surface area contributed by atoms with E-state index in [0.29, 0.717) is 0 Å². The van der Waals surface area contributed by atoms with Crippen LogP contribution in [-0.4, -0.2) is 14.5 Å². The largest absolute Gasteiger partial charge is 0.390 e. The maximum atomic E-state index is 9.26. The molecule has 0 unspecified atom stereocenters. The Morgan fingerprint density at radius 3 is 2.12 bits per heavy atom. The summed E-state index contributed by atoms with van der Waals surface area (Å²) in [5.41, 5.74) is 7.79. The Balaban J connectivity index is 3.00. The summed E-state index contributed by atoms with van der Waals surface area (Å²) in [6, 6.07) is 0. The van der Waals surface area contributed by atoms with Crippen molar-refractivity contribution in [1.29, 1.82) is 0 Å². The first kappa shape index (κ1) is 11.1. The fraction of sp³-hybridized carbons (Fsp3) is 0.462. The van der Waals surface area contributed by atoms with Crippen LogP contribution in [0.15, 0.2) is 0 Å². The van der Waals surface area contributed by atoms with Crippen molar-refractivity contribution in [1.82, 2.24) is 9.38 Å². The van der Waals surface area contributed by atoms with Gasteiger partial charge in [-0.25, -0.2) is 4.98 Å². The molecule has 3 heteroatoms. The molecule has 2 heterocycles. The number of aryl methyl sites for hydroxylation is 3. The number of pyridine rings is 1. The first-order valence-electron chi connectivity index (χ1n) is 5.54. The molecule has 2 rings (SSSR count). The molecule has 0 saturated heterocycles. The van der Waals surface area contributed by atoms with Gasteiger partial charge in [-0.05, 0) is 51.3 Å². The predicted octanol–water partition coefficient (Wildman–Crippen LogP) is 2.37. The highest BCUT2D eigenvalue weighted by Gasteiger charge is 2.14. The number of aromatic nitrogens is 2. The lowest BCUT2D eigenvalue weighted by atomic mass is 10.0. The number of hydrogen-bond donors (Lipinski definition) is 1. The summed E-state index contributed by atoms with van der Waals surface area (Å²) in [4.78, 5) is 4.51. The Labute approximate surface area is 95.8 Å². The zero-order valence-electron chi connectivity index (χ0n) is 10.5. The number of rotatable bonds is 1. The lowest BCUT2D eigenvalue weighted by molar-refractivity contribution is 0.276. The molecule has 0 aliphatic carbocycles. The molecule has 0 aliphatic heterocycles. The highest BCUT2D eigenvalue weighted by atomic mass is 16.3. The quantitative estimate of drug-likeness (QED) is 0.798. The normalized spacial score (nSPS) is 11.4. The summed E-state index contributed by atoms with van der Waals surface area (Å²) >= 11 is 0. The third-order valence-electron chi connectivity index (χ3n) is 3.69. The molecule has 86 valence electrons. The Morgan fingerprint density at radius 1 is 0.938 bits per heavy atom. The molecule has 3 nitrogen and oxygen atoms in total. The zero-order valence-corrected chi connectivity index (χ0v) is 10.5. The van der Waals surface area contributed by atoms with Gasteiger partial charge in [0.1, 0.15) is 5.65 Å². The summed E-state index contributed by atoms with van der Waals surface area (Å²) in [5, 5.41) is 9.26. The average Bonchev–Trinajstić information content (AvgIpc) is 2.61. The minimum atomic E-state index is 0.00445. The maximum absolute atomic E-state index is 9.26. The van der Waals surface area contributed by atoms with Crippen LogP contribution in [0.3, 0.4) is 0 Å². The van der Waals surface area contributed by atoms with E-state index in [2.05, 4.69) is 37.1 Å². The number of aliphatic hydroxyl groups is 1. The summed E-state index contributed by atoms with van der Waals surface area (Å²) in [5.74, 6) is 0. The van der Waals surface area contributed by atoms with E-state index in [1.807, 2.05) is 6.92 Å². The van der Waals surface area contributed by atoms with Crippen molar-refractivity contribution in [2.75, 3.05) is 0 Å². The molecule has 2 aromatic heterocycles. The first-order chi connectivity index (χ1) is 7.49. The van der Waals surface area contributed by atoms with Gasteiger partial charge >= 0.3 is 0 Å². The summed E-state index contributed by atoms with van der Waals surface area (Å²) < 4.78 is 2.14. The monoisotopic (exact) mass is 218 g/mol. The van der Waals surface area contributed by atoms with Crippen molar-refractivity contribution < 1.29 is 5.11 Å². The summed E-state index contributed by atoms with van der Waals surface area (Å²) in [7, 11) is 0. The zero-order chi connectivity index (χ0) is 12.0. The predicted molar refractivity (Wildman–Crippen MR) is 64.8 cm³/mol. The molecule has 0 radical (unpaired) electrons. The molecule has 0 saturated carbocycles. The highest BCUT2D eigenvalue weighted by molar-refractivity contribution is 5.57. The van der Waals surface area contributed by atoms with E-state index in [1.54, 1.807) is 0 Å². The second-order valence-corrected chi connectivity index (χ2v) is 4.42. The van der Waals surface area contributed by atoms with Crippen LogP contribution in [0.25, 0.3) is 5.65 Å². The van der Waals surface area contributed by atoms with Crippen molar-refractivity contribution in [3.05, 3.63) is 33.8 Å². The van der Waals surface area contributed by atoms with Gasteiger partial charge in [0.2, 0.25) is 0 Å². The smallest absolute Gasteiger partial charge is 0.140 e. The minimum absolute atomic E-state index is 0.00445. The standard InChI is InChI=1S/C13H18N2O/c1-7-8(2)10(4)15-11(5)12(6-16)14-13(15)9(7)3/h16H,6H2,1-5H3. The molecule has 0 spiro atoms. The van der Waals surface area contributed by atoms with Gasteiger partial charge < -0.3 is 9.51 Å². The van der Waals surface area contributed by atoms with Gasteiger partial charge in [-0.3, -0.25) is 0 Å². The second-order valence-electron chi connectivity index (χ2n) is 4.42. The Kier molecular flexibility index (Phi) is 2.50. The molecule has 0 aliphatic rings. The Morgan fingerprint density at radius 2 is 1.56 bits per heavy atom. The molecule has 0 fully saturated rings. The van der Waals surface area contributed by atoms with Crippen molar-refractivity contribution in [3.63, 3.8) is 0 Å². The number of imidazole rings is 1. The number of hydrogen-bond acceptors (Lipinski definition) is 2. The van der Waals surface area contributed by atoms with Crippen LogP contribution in [0.4, 0.5) is 0 Å². The van der Waals surface area contributed by atoms with Gasteiger partial charge in [0, 0.05) is 11.4 Å². The molecule has 0 bridgehead atoms. The van der Waals surface area contributed by atoms with Crippen LogP contribution in [-0.2, 0) is 6.61 Å². The van der Waals surface area contributed by atoms with Gasteiger partial charge in [0.05, 0.1) is 12.3 Å². The Hall–Kier alpha value is -1.35. The van der Waals surface area contributed by atoms with Gasteiger partial charge in [-0.1, -0.05) is 0 Å². The first-order valence-corrected chi connectivity index (χ1v) is 5.54. The topological polar surface area (TPSA) is 37.5 Å². The average molecular weight is 218 g/mol. The molecule has 0 amide bonds. The third-order valence-corrected chi connectivity index (χ3v) is 3.69. The SMILES string of the molecule is Cc1c(C)c(C)n2c(C)c(CO)nc2c1C. The molecule has 0 atom stereocenters. The van der Waals surface area contributed by atoms with Crippen LogP contribution in [0.5, 0.6) is 0 Å². The van der Waals surface area contributed by atoms with Crippen molar-refractivity contribution in [2.45, 2.75) is 41.2 Å². The van der Waals surface area contributed by atoms with Crippen LogP contribution in [0.1, 0.15) is 33.8 Å². The van der Waals surface area contributed by atoms with E-state index >= 15 is 0 Å². The maximum Gasteiger partial charge on any atom is 0.140 e. The fourth-order valence-corrected chi connectivity index (χ4v) is 2.25. The summed E-state index contributed by atoms with van der Waals surface area (Å²) in [6.45, 7) is 10.5. The van der Waals surface area contributed by atoms with Gasteiger partial charge in [-0.15, -0.1) is 0 Å². The lowest BCUT2D eigenvalue weighted by Crippen LogP contribution is -2.02. The van der Waals surface area contributed by atoms with E-state index in [0.717, 1.165) is 17.0 Å². The second kappa shape index (κ2) is 3.59. The molecular weight excluding hydrogens is 200 g/mol. The van der Waals surface area contributed by atoms with Crippen LogP contribution >= 0.6 is 0 Å². The molecular formula is C13H18N2O. The fourth-order valence-electron chi connectivity index (χ4n) is 2.25. The highest BCUT2D eigenvalue weighted by Crippen LogP contribution is 2.24.